The summed E-state index contributed by atoms with van der Waals surface area (Å²) in [4.78, 5) is 24.3. The van der Waals surface area contributed by atoms with E-state index in [4.69, 9.17) is 15.1 Å². The fourth-order valence-electron chi connectivity index (χ4n) is 7.09. The summed E-state index contributed by atoms with van der Waals surface area (Å²) < 4.78 is 1.99. The monoisotopic (exact) mass is 704 g/mol. The lowest BCUT2D eigenvalue weighted by Crippen LogP contribution is -2.40. The van der Waals surface area contributed by atoms with E-state index in [1.807, 2.05) is 76.7 Å². The van der Waals surface area contributed by atoms with Gasteiger partial charge in [-0.05, 0) is 87.3 Å². The van der Waals surface area contributed by atoms with Crippen LogP contribution in [0.25, 0.3) is 27.7 Å². The van der Waals surface area contributed by atoms with Gasteiger partial charge in [-0.3, -0.25) is 9.78 Å². The molecule has 0 amide bonds. The molecule has 2 aliphatic heterocycles. The molecule has 2 atom stereocenters. The van der Waals surface area contributed by atoms with Gasteiger partial charge < -0.3 is 20.4 Å². The van der Waals surface area contributed by atoms with Gasteiger partial charge in [0, 0.05) is 66.7 Å². The highest BCUT2D eigenvalue weighted by atomic mass is 16.1. The number of rotatable bonds is 10. The lowest BCUT2D eigenvalue weighted by molar-refractivity contribution is -0.104. The molecule has 52 heavy (non-hydrogen) atoms. The number of aldehydes is 1. The smallest absolute Gasteiger partial charge is 0.163 e. The van der Waals surface area contributed by atoms with Crippen molar-refractivity contribution in [1.82, 2.24) is 24.5 Å². The van der Waals surface area contributed by atoms with Crippen LogP contribution in [-0.2, 0) is 11.3 Å². The molecule has 2 unspecified atom stereocenters. The molecule has 2 fully saturated rings. The van der Waals surface area contributed by atoms with E-state index in [0.717, 1.165) is 52.4 Å². The molecule has 7 rings (SSSR count). The lowest BCUT2D eigenvalue weighted by Gasteiger charge is -2.36. The van der Waals surface area contributed by atoms with Crippen LogP contribution in [0.3, 0.4) is 0 Å². The first kappa shape index (κ1) is 40.0. The van der Waals surface area contributed by atoms with Gasteiger partial charge in [0.25, 0.3) is 0 Å². The van der Waals surface area contributed by atoms with Crippen LogP contribution in [0, 0.1) is 0 Å². The third-order valence-electron chi connectivity index (χ3n) is 9.54. The summed E-state index contributed by atoms with van der Waals surface area (Å²) in [7, 11) is 5.86. The SMILES string of the molecule is CC.CC.CN(C)C/C=C/C=O.CNc1ccc2c(-c3ccccc3CNc3cc(N4C5CCCC4CC5)nc4c(C(C)C)cnn34)nccc2c1. The van der Waals surface area contributed by atoms with E-state index in [-0.39, 0.29) is 0 Å². The zero-order valence-electron chi connectivity index (χ0n) is 32.9. The van der Waals surface area contributed by atoms with Gasteiger partial charge >= 0.3 is 0 Å². The van der Waals surface area contributed by atoms with Gasteiger partial charge in [-0.2, -0.15) is 9.61 Å². The molecule has 2 aliphatic rings. The number of pyridine rings is 1. The van der Waals surface area contributed by atoms with E-state index in [1.54, 1.807) is 0 Å². The van der Waals surface area contributed by atoms with Crippen LogP contribution in [0.4, 0.5) is 17.3 Å². The molecule has 0 aliphatic carbocycles. The predicted octanol–water partition coefficient (Wildman–Crippen LogP) is 9.60. The molecule has 9 heteroatoms. The van der Waals surface area contributed by atoms with Gasteiger partial charge in [0.2, 0.25) is 0 Å². The van der Waals surface area contributed by atoms with Crippen molar-refractivity contribution in [2.45, 2.75) is 98.2 Å². The second-order valence-corrected chi connectivity index (χ2v) is 13.4. The van der Waals surface area contributed by atoms with Crippen molar-refractivity contribution >= 4 is 40.0 Å². The fraction of sp³-hybridized carbons (Fsp3) is 0.442. The molecule has 5 heterocycles. The normalized spacial score (nSPS) is 16.2. The maximum absolute atomic E-state index is 9.68. The highest BCUT2D eigenvalue weighted by Gasteiger charge is 2.37. The number of hydrogen-bond acceptors (Lipinski definition) is 8. The van der Waals surface area contributed by atoms with Crippen molar-refractivity contribution in [1.29, 1.82) is 0 Å². The number of hydrogen-bond donors (Lipinski definition) is 2. The van der Waals surface area contributed by atoms with Gasteiger partial charge in [-0.1, -0.05) is 78.0 Å². The highest BCUT2D eigenvalue weighted by molar-refractivity contribution is 5.96. The largest absolute Gasteiger partial charge is 0.388 e. The lowest BCUT2D eigenvalue weighted by atomic mass is 9.99. The number of piperidine rings is 1. The van der Waals surface area contributed by atoms with E-state index >= 15 is 0 Å². The van der Waals surface area contributed by atoms with E-state index < -0.39 is 0 Å². The highest BCUT2D eigenvalue weighted by Crippen LogP contribution is 2.40. The number of likely N-dealkylation sites (N-methyl/N-ethyl adjacent to an activating group) is 1. The Labute approximate surface area is 311 Å². The van der Waals surface area contributed by atoms with Crippen molar-refractivity contribution in [2.24, 2.45) is 0 Å². The number of nitrogens with one attached hydrogen (secondary N) is 2. The number of carbonyl (C=O) groups excluding carboxylic acids is 1. The Kier molecular flexibility index (Phi) is 15.2. The molecule has 9 nitrogen and oxygen atoms in total. The van der Waals surface area contributed by atoms with E-state index in [9.17, 15) is 4.79 Å². The summed E-state index contributed by atoms with van der Waals surface area (Å²) in [6, 6.07) is 20.5. The van der Waals surface area contributed by atoms with Crippen molar-refractivity contribution < 1.29 is 4.79 Å². The van der Waals surface area contributed by atoms with Crippen LogP contribution in [0.2, 0.25) is 0 Å². The molecule has 2 saturated heterocycles. The Morgan fingerprint density at radius 2 is 1.69 bits per heavy atom. The number of benzene rings is 2. The summed E-state index contributed by atoms with van der Waals surface area (Å²) in [6.45, 7) is 13.9. The van der Waals surface area contributed by atoms with Crippen LogP contribution in [0.5, 0.6) is 0 Å². The fourth-order valence-corrected chi connectivity index (χ4v) is 7.09. The maximum Gasteiger partial charge on any atom is 0.163 e. The van der Waals surface area contributed by atoms with Gasteiger partial charge in [-0.15, -0.1) is 0 Å². The van der Waals surface area contributed by atoms with Crippen LogP contribution >= 0.6 is 0 Å². The Hall–Kier alpha value is -4.76. The average molecular weight is 705 g/mol. The van der Waals surface area contributed by atoms with Crippen LogP contribution in [-0.4, -0.2) is 70.5 Å². The zero-order chi connectivity index (χ0) is 37.6. The van der Waals surface area contributed by atoms with Crippen LogP contribution < -0.4 is 15.5 Å². The van der Waals surface area contributed by atoms with Crippen molar-refractivity contribution in [3.8, 4) is 11.3 Å². The summed E-state index contributed by atoms with van der Waals surface area (Å²) >= 11 is 0. The minimum absolute atomic E-state index is 0.354. The van der Waals surface area contributed by atoms with Gasteiger partial charge in [0.15, 0.2) is 5.65 Å². The van der Waals surface area contributed by atoms with E-state index in [0.29, 0.717) is 24.5 Å². The quantitative estimate of drug-likeness (QED) is 0.110. The molecular weight excluding hydrogens is 645 g/mol. The number of carbonyl (C=O) groups is 1. The van der Waals surface area contributed by atoms with Crippen molar-refractivity contribution in [3.63, 3.8) is 0 Å². The Bertz CT molecular complexity index is 1880. The molecular formula is C43H60N8O. The molecule has 2 aromatic carbocycles. The molecule has 5 aromatic rings. The van der Waals surface area contributed by atoms with Crippen molar-refractivity contribution in [3.05, 3.63) is 90.3 Å². The summed E-state index contributed by atoms with van der Waals surface area (Å²) in [6.07, 6.45) is 14.4. The van der Waals surface area contributed by atoms with Gasteiger partial charge in [0.05, 0.1) is 11.9 Å². The number of fused-ring (bicyclic) bond motifs is 4. The Balaban J connectivity index is 0.000000444. The van der Waals surface area contributed by atoms with Crippen LogP contribution in [0.15, 0.2) is 79.1 Å². The first-order valence-electron chi connectivity index (χ1n) is 19.2. The molecule has 0 spiro atoms. The third-order valence-corrected chi connectivity index (χ3v) is 9.54. The summed E-state index contributed by atoms with van der Waals surface area (Å²) in [5, 5.41) is 14.1. The number of aromatic nitrogens is 4. The van der Waals surface area contributed by atoms with Crippen molar-refractivity contribution in [2.75, 3.05) is 43.2 Å². The second kappa shape index (κ2) is 19.7. The first-order chi connectivity index (χ1) is 25.4. The summed E-state index contributed by atoms with van der Waals surface area (Å²) in [5.74, 6) is 2.43. The number of anilines is 3. The summed E-state index contributed by atoms with van der Waals surface area (Å²) in [5.41, 5.74) is 6.59. The minimum Gasteiger partial charge on any atom is -0.388 e. The Morgan fingerprint density at radius 3 is 2.37 bits per heavy atom. The topological polar surface area (TPSA) is 90.7 Å². The minimum atomic E-state index is 0.354. The molecule has 278 valence electrons. The number of allylic oxidation sites excluding steroid dienone is 1. The average Bonchev–Trinajstić information content (AvgIpc) is 3.72. The Morgan fingerprint density at radius 1 is 0.962 bits per heavy atom. The molecule has 2 bridgehead atoms. The predicted molar refractivity (Wildman–Crippen MR) is 221 cm³/mol. The molecule has 0 saturated carbocycles. The molecule has 0 radical (unpaired) electrons. The second-order valence-electron chi connectivity index (χ2n) is 13.4. The first-order valence-corrected chi connectivity index (χ1v) is 19.2. The van der Waals surface area contributed by atoms with Crippen LogP contribution in [0.1, 0.15) is 90.7 Å². The number of nitrogens with zero attached hydrogens (tertiary/aromatic N) is 6. The zero-order valence-corrected chi connectivity index (χ0v) is 32.9. The molecule has 3 aromatic heterocycles. The maximum atomic E-state index is 9.68. The third kappa shape index (κ3) is 9.36. The van der Waals surface area contributed by atoms with Gasteiger partial charge in [-0.25, -0.2) is 4.98 Å². The molecule has 2 N–H and O–H groups in total. The van der Waals surface area contributed by atoms with E-state index in [1.165, 1.54) is 54.7 Å². The van der Waals surface area contributed by atoms with E-state index in [2.05, 4.69) is 84.0 Å². The van der Waals surface area contributed by atoms with Gasteiger partial charge in [0.1, 0.15) is 17.9 Å². The standard InChI is InChI=1S/C33H37N7.C6H11NO.2C2H6/c1-21(2)29-20-37-40-30(18-31(38-33(29)40)39-25-8-6-9-26(39)13-12-25)36-19-23-7-4-5-10-27(23)32-28-14-11-24(34-3)17-22(28)15-16-35-32;1-7(2)5-3-4-6-8;2*1-2/h4-5,7,10-11,14-18,20-21,25-26,34,36H,6,8-9,12-13,19H2,1-3H3;3-4,6H,5H2,1-2H3;2*1-2H3/b;4-3+;;.